The summed E-state index contributed by atoms with van der Waals surface area (Å²) in [5, 5.41) is 3.52. The van der Waals surface area contributed by atoms with E-state index < -0.39 is 0 Å². The van der Waals surface area contributed by atoms with Crippen molar-refractivity contribution in [3.63, 3.8) is 0 Å². The fraction of sp³-hybridized carbons (Fsp3) is 0.522. The number of rotatable bonds is 7. The Morgan fingerprint density at radius 1 is 0.960 bits per heavy atom. The lowest BCUT2D eigenvalue weighted by Crippen LogP contribution is -2.33. The van der Waals surface area contributed by atoms with Crippen molar-refractivity contribution in [3.8, 4) is 0 Å². The number of aromatic nitrogens is 1. The fourth-order valence-electron chi connectivity index (χ4n) is 2.84. The molecule has 1 aromatic heterocycles. The molecule has 0 spiro atoms. The molecular weight excluding hydrogens is 304 g/mol. The predicted octanol–water partition coefficient (Wildman–Crippen LogP) is 5.96. The highest BCUT2D eigenvalue weighted by atomic mass is 14.9. The standard InChI is InChI=1S/C14H15N.C9H21N/c1-11-6-8-13(9-7-11)12(2)14-5-3-4-10-15-14;1-5-7-10-9(6-2)8(3)4/h3-10,12H,1-2H3;8-10H,5-7H2,1-4H3. The Morgan fingerprint density at radius 2 is 1.64 bits per heavy atom. The van der Waals surface area contributed by atoms with Crippen molar-refractivity contribution < 1.29 is 0 Å². The van der Waals surface area contributed by atoms with E-state index in [2.05, 4.69) is 82.2 Å². The molecule has 1 aromatic carbocycles. The summed E-state index contributed by atoms with van der Waals surface area (Å²) in [6, 6.07) is 15.4. The Morgan fingerprint density at radius 3 is 2.12 bits per heavy atom. The first-order valence-corrected chi connectivity index (χ1v) is 9.70. The van der Waals surface area contributed by atoms with Gasteiger partial charge in [0.25, 0.3) is 0 Å². The van der Waals surface area contributed by atoms with Crippen molar-refractivity contribution in [2.75, 3.05) is 6.54 Å². The highest BCUT2D eigenvalue weighted by molar-refractivity contribution is 5.29. The Bertz CT molecular complexity index is 560. The number of benzene rings is 1. The average Bonchev–Trinajstić information content (AvgIpc) is 2.63. The van der Waals surface area contributed by atoms with Gasteiger partial charge < -0.3 is 5.32 Å². The molecule has 25 heavy (non-hydrogen) atoms. The van der Waals surface area contributed by atoms with E-state index in [-0.39, 0.29) is 0 Å². The number of aryl methyl sites for hydroxylation is 1. The molecule has 2 rings (SSSR count). The van der Waals surface area contributed by atoms with Crippen LogP contribution in [0.2, 0.25) is 0 Å². The van der Waals surface area contributed by atoms with Crippen LogP contribution >= 0.6 is 0 Å². The molecule has 0 fully saturated rings. The molecule has 0 saturated heterocycles. The second-order valence-corrected chi connectivity index (χ2v) is 7.10. The van der Waals surface area contributed by atoms with Crippen molar-refractivity contribution in [2.24, 2.45) is 5.92 Å². The van der Waals surface area contributed by atoms with Crippen LogP contribution in [0.3, 0.4) is 0 Å². The Balaban J connectivity index is 0.000000275. The highest BCUT2D eigenvalue weighted by Gasteiger charge is 2.08. The molecular formula is C23H36N2. The van der Waals surface area contributed by atoms with E-state index in [1.54, 1.807) is 0 Å². The molecule has 0 aliphatic heterocycles. The van der Waals surface area contributed by atoms with Gasteiger partial charge in [0.1, 0.15) is 0 Å². The zero-order valence-corrected chi connectivity index (χ0v) is 16.9. The molecule has 138 valence electrons. The number of hydrogen-bond donors (Lipinski definition) is 1. The number of nitrogens with zero attached hydrogens (tertiary/aromatic N) is 1. The first-order chi connectivity index (χ1) is 12.0. The van der Waals surface area contributed by atoms with E-state index in [1.807, 2.05) is 18.3 Å². The summed E-state index contributed by atoms with van der Waals surface area (Å²) in [6.07, 6.45) is 4.33. The van der Waals surface area contributed by atoms with Crippen LogP contribution in [-0.4, -0.2) is 17.6 Å². The minimum atomic E-state index is 0.367. The van der Waals surface area contributed by atoms with Gasteiger partial charge in [-0.25, -0.2) is 0 Å². The minimum absolute atomic E-state index is 0.367. The largest absolute Gasteiger partial charge is 0.314 e. The normalized spacial score (nSPS) is 13.1. The van der Waals surface area contributed by atoms with Gasteiger partial charge in [-0.15, -0.1) is 0 Å². The third-order valence-electron chi connectivity index (χ3n) is 4.61. The second kappa shape index (κ2) is 11.8. The molecule has 0 bridgehead atoms. The van der Waals surface area contributed by atoms with Crippen molar-refractivity contribution in [1.29, 1.82) is 0 Å². The molecule has 0 amide bonds. The van der Waals surface area contributed by atoms with Gasteiger partial charge in [-0.1, -0.05) is 70.5 Å². The molecule has 1 N–H and O–H groups in total. The monoisotopic (exact) mass is 340 g/mol. The highest BCUT2D eigenvalue weighted by Crippen LogP contribution is 2.22. The summed E-state index contributed by atoms with van der Waals surface area (Å²) >= 11 is 0. The van der Waals surface area contributed by atoms with Crippen LogP contribution < -0.4 is 5.32 Å². The molecule has 0 saturated carbocycles. The fourth-order valence-corrected chi connectivity index (χ4v) is 2.84. The third-order valence-corrected chi connectivity index (χ3v) is 4.61. The lowest BCUT2D eigenvalue weighted by atomic mass is 9.96. The maximum Gasteiger partial charge on any atom is 0.0475 e. The summed E-state index contributed by atoms with van der Waals surface area (Å²) < 4.78 is 0. The van der Waals surface area contributed by atoms with E-state index >= 15 is 0 Å². The number of pyridine rings is 1. The van der Waals surface area contributed by atoms with Crippen LogP contribution in [0.25, 0.3) is 0 Å². The van der Waals surface area contributed by atoms with Crippen LogP contribution in [0.15, 0.2) is 48.7 Å². The average molecular weight is 341 g/mol. The van der Waals surface area contributed by atoms with Crippen molar-refractivity contribution in [2.45, 2.75) is 66.3 Å². The van der Waals surface area contributed by atoms with Crippen molar-refractivity contribution in [1.82, 2.24) is 10.3 Å². The minimum Gasteiger partial charge on any atom is -0.314 e. The lowest BCUT2D eigenvalue weighted by Gasteiger charge is -2.19. The molecule has 2 aromatic rings. The van der Waals surface area contributed by atoms with E-state index in [0.717, 1.165) is 24.2 Å². The number of hydrogen-bond acceptors (Lipinski definition) is 2. The van der Waals surface area contributed by atoms with Gasteiger partial charge in [0, 0.05) is 23.9 Å². The van der Waals surface area contributed by atoms with Crippen molar-refractivity contribution in [3.05, 3.63) is 65.5 Å². The van der Waals surface area contributed by atoms with Crippen LogP contribution in [0.4, 0.5) is 0 Å². The van der Waals surface area contributed by atoms with Gasteiger partial charge >= 0.3 is 0 Å². The molecule has 0 aliphatic rings. The van der Waals surface area contributed by atoms with Gasteiger partial charge in [-0.05, 0) is 49.9 Å². The Hall–Kier alpha value is -1.67. The van der Waals surface area contributed by atoms with E-state index in [9.17, 15) is 0 Å². The van der Waals surface area contributed by atoms with Crippen molar-refractivity contribution >= 4 is 0 Å². The zero-order valence-electron chi connectivity index (χ0n) is 16.9. The number of nitrogens with one attached hydrogen (secondary N) is 1. The Kier molecular flexibility index (Phi) is 10.1. The maximum absolute atomic E-state index is 4.38. The quantitative estimate of drug-likeness (QED) is 0.672. The molecule has 1 heterocycles. The van der Waals surface area contributed by atoms with E-state index in [1.165, 1.54) is 24.0 Å². The predicted molar refractivity (Wildman–Crippen MR) is 110 cm³/mol. The van der Waals surface area contributed by atoms with Crippen LogP contribution in [0.5, 0.6) is 0 Å². The molecule has 2 heteroatoms. The summed E-state index contributed by atoms with van der Waals surface area (Å²) in [7, 11) is 0. The van der Waals surface area contributed by atoms with Crippen LogP contribution in [0.1, 0.15) is 70.2 Å². The van der Waals surface area contributed by atoms with Gasteiger partial charge in [0.2, 0.25) is 0 Å². The third kappa shape index (κ3) is 7.83. The molecule has 2 atom stereocenters. The van der Waals surface area contributed by atoms with E-state index in [4.69, 9.17) is 0 Å². The first-order valence-electron chi connectivity index (χ1n) is 9.70. The topological polar surface area (TPSA) is 24.9 Å². The van der Waals surface area contributed by atoms with Crippen LogP contribution in [0, 0.1) is 12.8 Å². The maximum atomic E-state index is 4.38. The van der Waals surface area contributed by atoms with Gasteiger partial charge in [0.05, 0.1) is 0 Å². The summed E-state index contributed by atoms with van der Waals surface area (Å²) in [6.45, 7) is 14.5. The lowest BCUT2D eigenvalue weighted by molar-refractivity contribution is 0.390. The molecule has 2 nitrogen and oxygen atoms in total. The second-order valence-electron chi connectivity index (χ2n) is 7.10. The smallest absolute Gasteiger partial charge is 0.0475 e. The molecule has 0 aliphatic carbocycles. The van der Waals surface area contributed by atoms with Gasteiger partial charge in [-0.2, -0.15) is 0 Å². The van der Waals surface area contributed by atoms with E-state index in [0.29, 0.717) is 5.92 Å². The molecule has 0 radical (unpaired) electrons. The van der Waals surface area contributed by atoms with Gasteiger partial charge in [0.15, 0.2) is 0 Å². The zero-order chi connectivity index (χ0) is 18.7. The van der Waals surface area contributed by atoms with Gasteiger partial charge in [-0.3, -0.25) is 4.98 Å². The first kappa shape index (κ1) is 21.4. The summed E-state index contributed by atoms with van der Waals surface area (Å²) in [4.78, 5) is 4.38. The SMILES string of the molecule is CCCNC(CC)C(C)C.Cc1ccc(C(C)c2ccccn2)cc1. The summed E-state index contributed by atoms with van der Waals surface area (Å²) in [5.41, 5.74) is 3.74. The Labute approximate surface area is 155 Å². The molecule has 2 unspecified atom stereocenters. The summed E-state index contributed by atoms with van der Waals surface area (Å²) in [5.74, 6) is 1.14. The van der Waals surface area contributed by atoms with Crippen LogP contribution in [-0.2, 0) is 0 Å².